The van der Waals surface area contributed by atoms with Crippen molar-refractivity contribution >= 4 is 23.8 Å². The van der Waals surface area contributed by atoms with Crippen molar-refractivity contribution in [1.29, 1.82) is 0 Å². The van der Waals surface area contributed by atoms with Crippen molar-refractivity contribution in [3.05, 3.63) is 35.9 Å². The highest BCUT2D eigenvalue weighted by atomic mass is 16.2. The van der Waals surface area contributed by atoms with Crippen LogP contribution in [-0.4, -0.2) is 32.9 Å². The number of hydrogen-bond donors (Lipinski definition) is 4. The van der Waals surface area contributed by atoms with Gasteiger partial charge in [-0.1, -0.05) is 56.7 Å². The number of benzene rings is 1. The molecule has 0 atom stereocenters. The molecule has 8 heteroatoms. The highest BCUT2D eigenvalue weighted by Gasteiger charge is 2.18. The Morgan fingerprint density at radius 2 is 1.20 bits per heavy atom. The lowest BCUT2D eigenvalue weighted by atomic mass is 9.96. The largest absolute Gasteiger partial charge is 0.351 e. The van der Waals surface area contributed by atoms with Gasteiger partial charge in [0.05, 0.1) is 0 Å². The first kappa shape index (κ1) is 20.4. The molecule has 1 aromatic heterocycles. The summed E-state index contributed by atoms with van der Waals surface area (Å²) in [6.07, 6.45) is 12.0. The Balaban J connectivity index is 1.46. The number of carbonyl (C=O) groups is 1. The van der Waals surface area contributed by atoms with Crippen LogP contribution in [0.4, 0.5) is 17.8 Å². The summed E-state index contributed by atoms with van der Waals surface area (Å²) in [7, 11) is 0. The number of nitrogens with zero attached hydrogens (tertiary/aromatic N) is 3. The van der Waals surface area contributed by atoms with E-state index >= 15 is 0 Å². The zero-order chi connectivity index (χ0) is 20.6. The average Bonchev–Trinajstić information content (AvgIpc) is 2.79. The molecule has 2 fully saturated rings. The van der Waals surface area contributed by atoms with E-state index in [2.05, 4.69) is 36.4 Å². The topological polar surface area (TPSA) is 104 Å². The molecule has 0 saturated heterocycles. The van der Waals surface area contributed by atoms with Crippen LogP contribution in [0.2, 0.25) is 0 Å². The van der Waals surface area contributed by atoms with E-state index in [1.54, 1.807) is 12.1 Å². The zero-order valence-electron chi connectivity index (χ0n) is 17.4. The van der Waals surface area contributed by atoms with Gasteiger partial charge >= 0.3 is 0 Å². The maximum atomic E-state index is 12.3. The standard InChI is InChI=1S/C22H31N7O/c30-19(16-10-4-1-5-11-16)28-29-22-26-20(23-17-12-6-2-7-13-17)25-21(27-22)24-18-14-8-3-9-15-18/h1,4-5,10-11,17-18H,2-3,6-9,12-15H2,(H,28,30)(H3,23,24,25,26,27,29). The third-order valence-electron chi connectivity index (χ3n) is 5.84. The molecule has 0 spiro atoms. The van der Waals surface area contributed by atoms with Gasteiger partial charge in [-0.05, 0) is 37.8 Å². The first-order valence-corrected chi connectivity index (χ1v) is 11.2. The Kier molecular flexibility index (Phi) is 6.95. The third kappa shape index (κ3) is 5.81. The molecule has 2 aliphatic rings. The van der Waals surface area contributed by atoms with Crippen molar-refractivity contribution in [1.82, 2.24) is 20.4 Å². The fraction of sp³-hybridized carbons (Fsp3) is 0.545. The Morgan fingerprint density at radius 1 is 0.700 bits per heavy atom. The number of hydrogen-bond acceptors (Lipinski definition) is 7. The van der Waals surface area contributed by atoms with Crippen molar-refractivity contribution in [2.75, 3.05) is 16.1 Å². The third-order valence-corrected chi connectivity index (χ3v) is 5.84. The van der Waals surface area contributed by atoms with E-state index in [1.165, 1.54) is 38.5 Å². The van der Waals surface area contributed by atoms with Gasteiger partial charge in [0.1, 0.15) is 0 Å². The quantitative estimate of drug-likeness (QED) is 0.510. The van der Waals surface area contributed by atoms with Crippen LogP contribution in [0.15, 0.2) is 30.3 Å². The van der Waals surface area contributed by atoms with Gasteiger partial charge in [-0.15, -0.1) is 0 Å². The molecule has 1 heterocycles. The Hall–Kier alpha value is -2.90. The Bertz CT molecular complexity index is 779. The number of nitrogens with one attached hydrogen (secondary N) is 4. The molecule has 0 unspecified atom stereocenters. The van der Waals surface area contributed by atoms with E-state index in [0.717, 1.165) is 25.7 Å². The molecule has 4 N–H and O–H groups in total. The van der Waals surface area contributed by atoms with Gasteiger partial charge in [-0.25, -0.2) is 0 Å². The van der Waals surface area contributed by atoms with Crippen LogP contribution in [-0.2, 0) is 0 Å². The zero-order valence-corrected chi connectivity index (χ0v) is 17.4. The molecule has 30 heavy (non-hydrogen) atoms. The molecule has 160 valence electrons. The molecular weight excluding hydrogens is 378 g/mol. The van der Waals surface area contributed by atoms with E-state index < -0.39 is 0 Å². The number of rotatable bonds is 7. The summed E-state index contributed by atoms with van der Waals surface area (Å²) in [5.41, 5.74) is 6.11. The van der Waals surface area contributed by atoms with Crippen LogP contribution in [0.25, 0.3) is 0 Å². The highest BCUT2D eigenvalue weighted by molar-refractivity contribution is 5.94. The number of anilines is 3. The average molecular weight is 410 g/mol. The van der Waals surface area contributed by atoms with E-state index in [0.29, 0.717) is 35.5 Å². The monoisotopic (exact) mass is 409 g/mol. The van der Waals surface area contributed by atoms with Crippen molar-refractivity contribution < 1.29 is 4.79 Å². The Labute approximate surface area is 177 Å². The van der Waals surface area contributed by atoms with Crippen LogP contribution in [0, 0.1) is 0 Å². The van der Waals surface area contributed by atoms with Gasteiger partial charge in [-0.3, -0.25) is 15.6 Å². The maximum absolute atomic E-state index is 12.3. The lowest BCUT2D eigenvalue weighted by Crippen LogP contribution is -2.31. The summed E-state index contributed by atoms with van der Waals surface area (Å²) in [6, 6.07) is 9.83. The molecule has 2 aliphatic carbocycles. The molecule has 1 aromatic carbocycles. The second kappa shape index (κ2) is 10.2. The van der Waals surface area contributed by atoms with Crippen LogP contribution < -0.4 is 21.5 Å². The summed E-state index contributed by atoms with van der Waals surface area (Å²) in [6.45, 7) is 0. The SMILES string of the molecule is O=C(NNc1nc(NC2CCCCC2)nc(NC2CCCCC2)n1)c1ccccc1. The van der Waals surface area contributed by atoms with E-state index in [4.69, 9.17) is 0 Å². The van der Waals surface area contributed by atoms with Crippen LogP contribution in [0.1, 0.15) is 74.6 Å². The van der Waals surface area contributed by atoms with E-state index in [1.807, 2.05) is 18.2 Å². The molecule has 4 rings (SSSR count). The summed E-state index contributed by atoms with van der Waals surface area (Å²) in [4.78, 5) is 25.9. The van der Waals surface area contributed by atoms with Crippen molar-refractivity contribution in [3.8, 4) is 0 Å². The summed E-state index contributed by atoms with van der Waals surface area (Å²) < 4.78 is 0. The van der Waals surface area contributed by atoms with Crippen LogP contribution in [0.3, 0.4) is 0 Å². The predicted octanol–water partition coefficient (Wildman–Crippen LogP) is 4.12. The second-order valence-corrected chi connectivity index (χ2v) is 8.21. The predicted molar refractivity (Wildman–Crippen MR) is 118 cm³/mol. The fourth-order valence-corrected chi connectivity index (χ4v) is 4.19. The van der Waals surface area contributed by atoms with Gasteiger partial charge in [0.25, 0.3) is 5.91 Å². The minimum absolute atomic E-state index is 0.236. The number of hydrazine groups is 1. The lowest BCUT2D eigenvalue weighted by molar-refractivity contribution is 0.0962. The van der Waals surface area contributed by atoms with Gasteiger partial charge in [-0.2, -0.15) is 15.0 Å². The molecule has 0 bridgehead atoms. The number of carbonyl (C=O) groups excluding carboxylic acids is 1. The van der Waals surface area contributed by atoms with Gasteiger partial charge < -0.3 is 10.6 Å². The van der Waals surface area contributed by atoms with Gasteiger partial charge in [0, 0.05) is 17.6 Å². The highest BCUT2D eigenvalue weighted by Crippen LogP contribution is 2.23. The minimum atomic E-state index is -0.236. The van der Waals surface area contributed by atoms with Crippen LogP contribution >= 0.6 is 0 Å². The van der Waals surface area contributed by atoms with Crippen molar-refractivity contribution in [3.63, 3.8) is 0 Å². The summed E-state index contributed by atoms with van der Waals surface area (Å²) >= 11 is 0. The molecule has 0 radical (unpaired) electrons. The van der Waals surface area contributed by atoms with Crippen molar-refractivity contribution in [2.45, 2.75) is 76.3 Å². The van der Waals surface area contributed by atoms with Gasteiger partial charge in [0.15, 0.2) is 0 Å². The molecule has 0 aliphatic heterocycles. The summed E-state index contributed by atoms with van der Waals surface area (Å²) in [5.74, 6) is 1.18. The molecular formula is C22H31N7O. The smallest absolute Gasteiger partial charge is 0.269 e. The van der Waals surface area contributed by atoms with Crippen LogP contribution in [0.5, 0.6) is 0 Å². The normalized spacial score (nSPS) is 17.9. The lowest BCUT2D eigenvalue weighted by Gasteiger charge is -2.25. The van der Waals surface area contributed by atoms with Crippen molar-refractivity contribution in [2.24, 2.45) is 0 Å². The minimum Gasteiger partial charge on any atom is -0.351 e. The van der Waals surface area contributed by atoms with E-state index in [-0.39, 0.29) is 5.91 Å². The second-order valence-electron chi connectivity index (χ2n) is 8.21. The fourth-order valence-electron chi connectivity index (χ4n) is 4.19. The molecule has 2 aromatic rings. The first-order valence-electron chi connectivity index (χ1n) is 11.2. The molecule has 8 nitrogen and oxygen atoms in total. The Morgan fingerprint density at radius 3 is 1.73 bits per heavy atom. The number of amides is 1. The summed E-state index contributed by atoms with van der Waals surface area (Å²) in [5, 5.41) is 6.93. The number of aromatic nitrogens is 3. The van der Waals surface area contributed by atoms with E-state index in [9.17, 15) is 4.79 Å². The molecule has 2 saturated carbocycles. The first-order chi connectivity index (χ1) is 14.8. The molecule has 1 amide bonds. The maximum Gasteiger partial charge on any atom is 0.269 e. The van der Waals surface area contributed by atoms with Gasteiger partial charge in [0.2, 0.25) is 17.8 Å².